The maximum atomic E-state index is 12.3. The molecule has 1 aromatic carbocycles. The number of hydrogen-bond donors (Lipinski definition) is 0. The van der Waals surface area contributed by atoms with Crippen molar-refractivity contribution < 1.29 is 27.1 Å². The van der Waals surface area contributed by atoms with Gasteiger partial charge in [0.2, 0.25) is 0 Å². The molecule has 0 radical (unpaired) electrons. The van der Waals surface area contributed by atoms with E-state index < -0.39 is 32.8 Å². The minimum Gasteiger partial charge on any atom is -0.444 e. The van der Waals surface area contributed by atoms with Crippen molar-refractivity contribution in [3.8, 4) is 0 Å². The molecule has 0 aliphatic carbocycles. The topological polar surface area (TPSA) is 116 Å². The number of ether oxygens (including phenoxy) is 1. The Balaban J connectivity index is 1.93. The van der Waals surface area contributed by atoms with Gasteiger partial charge < -0.3 is 9.64 Å². The summed E-state index contributed by atoms with van der Waals surface area (Å²) < 4.78 is 35.1. The van der Waals surface area contributed by atoms with Gasteiger partial charge in [-0.1, -0.05) is 0 Å². The first kappa shape index (κ1) is 20.1. The average Bonchev–Trinajstić information content (AvgIpc) is 2.53. The maximum absolute atomic E-state index is 12.3. The predicted octanol–water partition coefficient (Wildman–Crippen LogP) is 2.70. The van der Waals surface area contributed by atoms with E-state index in [4.69, 9.17) is 8.92 Å². The molecule has 144 valence electrons. The van der Waals surface area contributed by atoms with Crippen molar-refractivity contribution in [2.24, 2.45) is 0 Å². The van der Waals surface area contributed by atoms with Crippen molar-refractivity contribution in [1.29, 1.82) is 0 Å². The van der Waals surface area contributed by atoms with Gasteiger partial charge in [-0.3, -0.25) is 14.3 Å². The van der Waals surface area contributed by atoms with E-state index in [9.17, 15) is 23.3 Å². The van der Waals surface area contributed by atoms with Crippen LogP contribution in [0.3, 0.4) is 0 Å². The number of likely N-dealkylation sites (tertiary alicyclic amines) is 1. The van der Waals surface area contributed by atoms with Crippen molar-refractivity contribution in [1.82, 2.24) is 4.90 Å². The Kier molecular flexibility index (Phi) is 5.87. The summed E-state index contributed by atoms with van der Waals surface area (Å²) in [4.78, 5) is 23.4. The Morgan fingerprint density at radius 2 is 1.73 bits per heavy atom. The molecule has 0 atom stereocenters. The second kappa shape index (κ2) is 7.58. The van der Waals surface area contributed by atoms with Crippen LogP contribution in [0.25, 0.3) is 0 Å². The molecule has 9 nitrogen and oxygen atoms in total. The molecule has 1 fully saturated rings. The van der Waals surface area contributed by atoms with Crippen LogP contribution in [0.2, 0.25) is 0 Å². The van der Waals surface area contributed by atoms with Crippen LogP contribution in [0, 0.1) is 10.1 Å². The second-order valence-corrected chi connectivity index (χ2v) is 8.54. The molecule has 0 N–H and O–H groups in total. The quantitative estimate of drug-likeness (QED) is 0.444. The fourth-order valence-corrected chi connectivity index (χ4v) is 3.56. The Hall–Kier alpha value is -2.20. The summed E-state index contributed by atoms with van der Waals surface area (Å²) in [5.41, 5.74) is -0.793. The summed E-state index contributed by atoms with van der Waals surface area (Å²) in [5.74, 6) is 0. The number of non-ortho nitro benzene ring substituents is 1. The Morgan fingerprint density at radius 3 is 2.19 bits per heavy atom. The first-order valence-electron chi connectivity index (χ1n) is 8.13. The molecular weight excluding hydrogens is 364 g/mol. The highest BCUT2D eigenvalue weighted by Crippen LogP contribution is 2.23. The molecule has 1 saturated heterocycles. The largest absolute Gasteiger partial charge is 0.444 e. The third-order valence-electron chi connectivity index (χ3n) is 3.69. The van der Waals surface area contributed by atoms with Gasteiger partial charge >= 0.3 is 6.09 Å². The molecule has 1 aliphatic rings. The Labute approximate surface area is 152 Å². The molecule has 0 saturated carbocycles. The lowest BCUT2D eigenvalue weighted by Crippen LogP contribution is -2.43. The zero-order valence-electron chi connectivity index (χ0n) is 14.9. The molecule has 0 aromatic heterocycles. The van der Waals surface area contributed by atoms with Crippen molar-refractivity contribution in [2.75, 3.05) is 13.1 Å². The number of nitro benzene ring substituents is 1. The van der Waals surface area contributed by atoms with E-state index in [1.807, 2.05) is 0 Å². The van der Waals surface area contributed by atoms with Gasteiger partial charge in [0.1, 0.15) is 5.60 Å². The van der Waals surface area contributed by atoms with Gasteiger partial charge in [0, 0.05) is 25.2 Å². The predicted molar refractivity (Wildman–Crippen MR) is 92.2 cm³/mol. The first-order chi connectivity index (χ1) is 12.0. The van der Waals surface area contributed by atoms with Crippen LogP contribution in [-0.2, 0) is 19.0 Å². The zero-order chi connectivity index (χ0) is 19.5. The van der Waals surface area contributed by atoms with E-state index in [0.29, 0.717) is 25.9 Å². The normalized spacial score (nSPS) is 16.3. The summed E-state index contributed by atoms with van der Waals surface area (Å²) >= 11 is 0. The molecule has 0 bridgehead atoms. The molecule has 26 heavy (non-hydrogen) atoms. The number of hydrogen-bond acceptors (Lipinski definition) is 7. The van der Waals surface area contributed by atoms with E-state index in [-0.39, 0.29) is 10.6 Å². The lowest BCUT2D eigenvalue weighted by Gasteiger charge is -2.33. The number of amides is 1. The standard InChI is InChI=1S/C16H22N2O7S/c1-16(2,3)24-15(19)17-10-8-13(9-11-17)25-26(22,23)14-6-4-12(5-7-14)18(20)21/h4-7,13H,8-11H2,1-3H3. The van der Waals surface area contributed by atoms with Crippen LogP contribution in [0.5, 0.6) is 0 Å². The van der Waals surface area contributed by atoms with Crippen LogP contribution < -0.4 is 0 Å². The average molecular weight is 386 g/mol. The molecule has 2 rings (SSSR count). The van der Waals surface area contributed by atoms with E-state index in [1.165, 1.54) is 4.90 Å². The van der Waals surface area contributed by atoms with Gasteiger partial charge in [-0.15, -0.1) is 0 Å². The molecule has 0 unspecified atom stereocenters. The summed E-state index contributed by atoms with van der Waals surface area (Å²) in [6.45, 7) is 5.98. The molecule has 1 aromatic rings. The van der Waals surface area contributed by atoms with Gasteiger partial charge in [0.15, 0.2) is 0 Å². The highest BCUT2D eigenvalue weighted by molar-refractivity contribution is 7.86. The second-order valence-electron chi connectivity index (χ2n) is 6.97. The first-order valence-corrected chi connectivity index (χ1v) is 9.54. The van der Waals surface area contributed by atoms with Crippen LogP contribution in [0.15, 0.2) is 29.2 Å². The van der Waals surface area contributed by atoms with Crippen molar-refractivity contribution in [3.05, 3.63) is 34.4 Å². The molecular formula is C16H22N2O7S. The van der Waals surface area contributed by atoms with Gasteiger partial charge in [0.25, 0.3) is 15.8 Å². The molecule has 1 aliphatic heterocycles. The summed E-state index contributed by atoms with van der Waals surface area (Å²) in [7, 11) is -4.03. The smallest absolute Gasteiger partial charge is 0.410 e. The van der Waals surface area contributed by atoms with Crippen LogP contribution in [0.4, 0.5) is 10.5 Å². The molecule has 10 heteroatoms. The molecule has 0 spiro atoms. The SMILES string of the molecule is CC(C)(C)OC(=O)N1CCC(OS(=O)(=O)c2ccc([N+](=O)[O-])cc2)CC1. The minimum atomic E-state index is -4.03. The Bertz CT molecular complexity index is 761. The fraction of sp³-hybridized carbons (Fsp3) is 0.562. The highest BCUT2D eigenvalue weighted by atomic mass is 32.2. The van der Waals surface area contributed by atoms with E-state index in [2.05, 4.69) is 0 Å². The number of benzene rings is 1. The Morgan fingerprint density at radius 1 is 1.19 bits per heavy atom. The zero-order valence-corrected chi connectivity index (χ0v) is 15.7. The highest BCUT2D eigenvalue weighted by Gasteiger charge is 2.30. The van der Waals surface area contributed by atoms with Gasteiger partial charge in [-0.25, -0.2) is 4.79 Å². The van der Waals surface area contributed by atoms with E-state index in [1.54, 1.807) is 20.8 Å². The van der Waals surface area contributed by atoms with Gasteiger partial charge in [0.05, 0.1) is 15.9 Å². The maximum Gasteiger partial charge on any atom is 0.410 e. The number of nitro groups is 1. The lowest BCUT2D eigenvalue weighted by atomic mass is 10.1. The van der Waals surface area contributed by atoms with Crippen molar-refractivity contribution in [2.45, 2.75) is 50.2 Å². The van der Waals surface area contributed by atoms with Crippen molar-refractivity contribution in [3.63, 3.8) is 0 Å². The summed E-state index contributed by atoms with van der Waals surface area (Å²) in [6, 6.07) is 4.51. The van der Waals surface area contributed by atoms with E-state index >= 15 is 0 Å². The monoisotopic (exact) mass is 386 g/mol. The third-order valence-corrected chi connectivity index (χ3v) is 5.07. The number of carbonyl (C=O) groups excluding carboxylic acids is 1. The fourth-order valence-electron chi connectivity index (χ4n) is 2.43. The number of rotatable bonds is 4. The number of carbonyl (C=O) groups is 1. The van der Waals surface area contributed by atoms with E-state index in [0.717, 1.165) is 24.3 Å². The molecule has 1 amide bonds. The number of piperidine rings is 1. The van der Waals surface area contributed by atoms with Crippen LogP contribution in [0.1, 0.15) is 33.6 Å². The summed E-state index contributed by atoms with van der Waals surface area (Å²) in [5, 5.41) is 10.6. The molecule has 1 heterocycles. The summed E-state index contributed by atoms with van der Waals surface area (Å²) in [6.07, 6.45) is -0.292. The van der Waals surface area contributed by atoms with Crippen molar-refractivity contribution >= 4 is 21.9 Å². The lowest BCUT2D eigenvalue weighted by molar-refractivity contribution is -0.384. The minimum absolute atomic E-state index is 0.141. The third kappa shape index (κ3) is 5.40. The van der Waals surface area contributed by atoms with Crippen LogP contribution in [-0.4, -0.2) is 49.1 Å². The van der Waals surface area contributed by atoms with Gasteiger partial charge in [-0.2, -0.15) is 8.42 Å². The van der Waals surface area contributed by atoms with Gasteiger partial charge in [-0.05, 0) is 45.7 Å². The van der Waals surface area contributed by atoms with Crippen LogP contribution >= 0.6 is 0 Å². The number of nitrogens with zero attached hydrogens (tertiary/aromatic N) is 2.